The van der Waals surface area contributed by atoms with Crippen molar-refractivity contribution in [3.63, 3.8) is 0 Å². The lowest BCUT2D eigenvalue weighted by atomic mass is 10.1. The maximum absolute atomic E-state index is 11.6. The third-order valence-electron chi connectivity index (χ3n) is 3.31. The normalized spacial score (nSPS) is 14.7. The fourth-order valence-corrected chi connectivity index (χ4v) is 2.14. The summed E-state index contributed by atoms with van der Waals surface area (Å²) in [5, 5.41) is 5.65. The molecule has 1 aromatic rings. The highest BCUT2D eigenvalue weighted by Crippen LogP contribution is 2.11. The fraction of sp³-hybridized carbons (Fsp3) is 0.438. The number of hydrogen-bond acceptors (Lipinski definition) is 2. The minimum absolute atomic E-state index is 0.128. The van der Waals surface area contributed by atoms with Crippen molar-refractivity contribution in [2.75, 3.05) is 19.8 Å². The van der Waals surface area contributed by atoms with Crippen LogP contribution in [0.15, 0.2) is 42.1 Å². The van der Waals surface area contributed by atoms with Crippen LogP contribution in [0.4, 0.5) is 4.79 Å². The molecule has 0 aromatic heterocycles. The summed E-state index contributed by atoms with van der Waals surface area (Å²) in [7, 11) is 0. The number of ether oxygens (including phenoxy) is 1. The summed E-state index contributed by atoms with van der Waals surface area (Å²) >= 11 is 0. The Morgan fingerprint density at radius 3 is 2.70 bits per heavy atom. The van der Waals surface area contributed by atoms with Crippen molar-refractivity contribution in [2.24, 2.45) is 0 Å². The lowest BCUT2D eigenvalue weighted by Gasteiger charge is -2.14. The Kier molecular flexibility index (Phi) is 6.11. The molecular weight excluding hydrogens is 252 g/mol. The molecule has 2 amide bonds. The Hall–Kier alpha value is -1.81. The zero-order valence-corrected chi connectivity index (χ0v) is 11.7. The molecule has 2 N–H and O–H groups in total. The van der Waals surface area contributed by atoms with Gasteiger partial charge in [0.1, 0.15) is 0 Å². The van der Waals surface area contributed by atoms with Crippen LogP contribution in [0.3, 0.4) is 0 Å². The van der Waals surface area contributed by atoms with E-state index in [4.69, 9.17) is 4.74 Å². The van der Waals surface area contributed by atoms with Crippen LogP contribution in [0.25, 0.3) is 0 Å². The molecule has 1 saturated heterocycles. The van der Waals surface area contributed by atoms with Gasteiger partial charge in [-0.25, -0.2) is 4.79 Å². The Balaban J connectivity index is 1.58. The Morgan fingerprint density at radius 2 is 1.95 bits per heavy atom. The summed E-state index contributed by atoms with van der Waals surface area (Å²) in [6.45, 7) is 2.20. The smallest absolute Gasteiger partial charge is 0.318 e. The SMILES string of the molecule is O=C(NC=C1CCOCC1)NCCCc1ccccc1. The molecule has 0 unspecified atom stereocenters. The highest BCUT2D eigenvalue weighted by molar-refractivity contribution is 5.74. The first-order chi connectivity index (χ1) is 9.84. The standard InChI is InChI=1S/C16H22N2O2/c19-16(18-13-15-8-11-20-12-9-15)17-10-4-7-14-5-2-1-3-6-14/h1-3,5-6,13H,4,7-12H2,(H2,17,18,19). The molecule has 108 valence electrons. The van der Waals surface area contributed by atoms with Crippen molar-refractivity contribution in [1.29, 1.82) is 0 Å². The number of rotatable bonds is 5. The second kappa shape index (κ2) is 8.38. The molecule has 1 aliphatic rings. The fourth-order valence-electron chi connectivity index (χ4n) is 2.14. The van der Waals surface area contributed by atoms with E-state index in [1.807, 2.05) is 24.4 Å². The number of benzene rings is 1. The van der Waals surface area contributed by atoms with Crippen molar-refractivity contribution in [3.05, 3.63) is 47.7 Å². The van der Waals surface area contributed by atoms with Crippen LogP contribution in [-0.2, 0) is 11.2 Å². The predicted octanol–water partition coefficient (Wildman–Crippen LogP) is 2.61. The number of carbonyl (C=O) groups excluding carboxylic acids is 1. The van der Waals surface area contributed by atoms with E-state index < -0.39 is 0 Å². The number of carbonyl (C=O) groups is 1. The van der Waals surface area contributed by atoms with Gasteiger partial charge in [0.25, 0.3) is 0 Å². The van der Waals surface area contributed by atoms with Gasteiger partial charge in [0.05, 0.1) is 13.2 Å². The summed E-state index contributed by atoms with van der Waals surface area (Å²) < 4.78 is 5.26. The average Bonchev–Trinajstić information content (AvgIpc) is 2.52. The van der Waals surface area contributed by atoms with Crippen molar-refractivity contribution < 1.29 is 9.53 Å². The molecule has 0 radical (unpaired) electrons. The Morgan fingerprint density at radius 1 is 1.20 bits per heavy atom. The number of hydrogen-bond donors (Lipinski definition) is 2. The van der Waals surface area contributed by atoms with Crippen LogP contribution in [-0.4, -0.2) is 25.8 Å². The van der Waals surface area contributed by atoms with Crippen LogP contribution in [0, 0.1) is 0 Å². The van der Waals surface area contributed by atoms with Gasteiger partial charge in [-0.15, -0.1) is 0 Å². The number of aryl methyl sites for hydroxylation is 1. The van der Waals surface area contributed by atoms with Crippen molar-refractivity contribution >= 4 is 6.03 Å². The van der Waals surface area contributed by atoms with Crippen molar-refractivity contribution in [2.45, 2.75) is 25.7 Å². The Bertz CT molecular complexity index is 435. The molecule has 0 atom stereocenters. The minimum atomic E-state index is -0.128. The molecular formula is C16H22N2O2. The molecule has 1 aromatic carbocycles. The number of urea groups is 1. The first-order valence-electron chi connectivity index (χ1n) is 7.18. The summed E-state index contributed by atoms with van der Waals surface area (Å²) in [5.74, 6) is 0. The van der Waals surface area contributed by atoms with Gasteiger partial charge < -0.3 is 15.4 Å². The maximum Gasteiger partial charge on any atom is 0.318 e. The zero-order valence-electron chi connectivity index (χ0n) is 11.7. The van der Waals surface area contributed by atoms with Crippen LogP contribution in [0.5, 0.6) is 0 Å². The molecule has 20 heavy (non-hydrogen) atoms. The second-order valence-corrected chi connectivity index (χ2v) is 4.90. The predicted molar refractivity (Wildman–Crippen MR) is 79.4 cm³/mol. The third kappa shape index (κ3) is 5.45. The molecule has 0 aliphatic carbocycles. The quantitative estimate of drug-likeness (QED) is 0.811. The van der Waals surface area contributed by atoms with Gasteiger partial charge in [0.15, 0.2) is 0 Å². The molecule has 0 bridgehead atoms. The van der Waals surface area contributed by atoms with E-state index in [1.54, 1.807) is 0 Å². The first-order valence-corrected chi connectivity index (χ1v) is 7.18. The number of nitrogens with one attached hydrogen (secondary N) is 2. The van der Waals surface area contributed by atoms with Crippen LogP contribution in [0.2, 0.25) is 0 Å². The summed E-state index contributed by atoms with van der Waals surface area (Å²) in [6.07, 6.45) is 5.57. The largest absolute Gasteiger partial charge is 0.381 e. The van der Waals surface area contributed by atoms with E-state index in [2.05, 4.69) is 22.8 Å². The molecule has 0 saturated carbocycles. The van der Waals surface area contributed by atoms with Gasteiger partial charge in [-0.3, -0.25) is 0 Å². The van der Waals surface area contributed by atoms with E-state index in [-0.39, 0.29) is 6.03 Å². The molecule has 0 spiro atoms. The topological polar surface area (TPSA) is 50.4 Å². The molecule has 4 heteroatoms. The monoisotopic (exact) mass is 274 g/mol. The highest BCUT2D eigenvalue weighted by atomic mass is 16.5. The lowest BCUT2D eigenvalue weighted by Crippen LogP contribution is -2.33. The van der Waals surface area contributed by atoms with Crippen molar-refractivity contribution in [1.82, 2.24) is 10.6 Å². The van der Waals surface area contributed by atoms with E-state index >= 15 is 0 Å². The van der Waals surface area contributed by atoms with Gasteiger partial charge >= 0.3 is 6.03 Å². The second-order valence-electron chi connectivity index (χ2n) is 4.90. The molecule has 4 nitrogen and oxygen atoms in total. The summed E-state index contributed by atoms with van der Waals surface area (Å²) in [4.78, 5) is 11.6. The summed E-state index contributed by atoms with van der Waals surface area (Å²) in [5.41, 5.74) is 2.55. The van der Waals surface area contributed by atoms with Gasteiger partial charge in [0, 0.05) is 12.7 Å². The van der Waals surface area contributed by atoms with Crippen LogP contribution in [0.1, 0.15) is 24.8 Å². The van der Waals surface area contributed by atoms with Gasteiger partial charge in [-0.1, -0.05) is 30.3 Å². The van der Waals surface area contributed by atoms with Crippen LogP contribution < -0.4 is 10.6 Å². The first kappa shape index (κ1) is 14.6. The maximum atomic E-state index is 11.6. The molecule has 1 aliphatic heterocycles. The van der Waals surface area contributed by atoms with E-state index in [1.165, 1.54) is 11.1 Å². The number of amides is 2. The molecule has 1 fully saturated rings. The van der Waals surface area contributed by atoms with Crippen molar-refractivity contribution in [3.8, 4) is 0 Å². The zero-order chi connectivity index (χ0) is 14.0. The van der Waals surface area contributed by atoms with E-state index in [9.17, 15) is 4.79 Å². The highest BCUT2D eigenvalue weighted by Gasteiger charge is 2.05. The van der Waals surface area contributed by atoms with Gasteiger partial charge in [0.2, 0.25) is 0 Å². The van der Waals surface area contributed by atoms with Gasteiger partial charge in [-0.2, -0.15) is 0 Å². The summed E-state index contributed by atoms with van der Waals surface area (Å²) in [6, 6.07) is 10.2. The van der Waals surface area contributed by atoms with E-state index in [0.717, 1.165) is 38.9 Å². The minimum Gasteiger partial charge on any atom is -0.381 e. The van der Waals surface area contributed by atoms with Gasteiger partial charge in [-0.05, 0) is 36.8 Å². The average molecular weight is 274 g/mol. The Labute approximate surface area is 120 Å². The van der Waals surface area contributed by atoms with E-state index in [0.29, 0.717) is 6.54 Å². The van der Waals surface area contributed by atoms with Crippen LogP contribution >= 0.6 is 0 Å². The lowest BCUT2D eigenvalue weighted by molar-refractivity contribution is 0.119. The molecule has 1 heterocycles. The molecule has 2 rings (SSSR count). The third-order valence-corrected chi connectivity index (χ3v) is 3.31.